The number of rotatable bonds is 7. The maximum atomic E-state index is 12.3. The van der Waals surface area contributed by atoms with Crippen molar-refractivity contribution in [1.29, 1.82) is 5.26 Å². The summed E-state index contributed by atoms with van der Waals surface area (Å²) in [4.78, 5) is 24.4. The molecule has 0 aliphatic rings. The maximum absolute atomic E-state index is 12.3. The number of carbonyl (C=O) groups is 2. The van der Waals surface area contributed by atoms with E-state index in [0.29, 0.717) is 30.8 Å². The van der Waals surface area contributed by atoms with Gasteiger partial charge in [0.2, 0.25) is 11.8 Å². The molecule has 0 atom stereocenters. The predicted octanol–water partition coefficient (Wildman–Crippen LogP) is 1.68. The van der Waals surface area contributed by atoms with Crippen LogP contribution >= 0.6 is 0 Å². The molecule has 118 valence electrons. The molecule has 1 rings (SSSR count). The Bertz CT molecular complexity index is 576. The van der Waals surface area contributed by atoms with Crippen LogP contribution in [0.5, 0.6) is 0 Å². The SMILES string of the molecule is COCCCNC(=O)C(C)(C)C(=O)Nc1cccc(C#N)c1. The third-order valence-electron chi connectivity index (χ3n) is 3.20. The van der Waals surface area contributed by atoms with Gasteiger partial charge < -0.3 is 15.4 Å². The van der Waals surface area contributed by atoms with Crippen LogP contribution in [0.1, 0.15) is 25.8 Å². The fourth-order valence-electron chi connectivity index (χ4n) is 1.70. The summed E-state index contributed by atoms with van der Waals surface area (Å²) in [7, 11) is 1.59. The van der Waals surface area contributed by atoms with E-state index in [0.717, 1.165) is 0 Å². The Morgan fingerprint density at radius 2 is 2.05 bits per heavy atom. The van der Waals surface area contributed by atoms with Gasteiger partial charge in [0.25, 0.3) is 0 Å². The summed E-state index contributed by atoms with van der Waals surface area (Å²) in [6.07, 6.45) is 0.685. The van der Waals surface area contributed by atoms with E-state index in [-0.39, 0.29) is 5.91 Å². The summed E-state index contributed by atoms with van der Waals surface area (Å²) < 4.78 is 4.90. The Morgan fingerprint density at radius 1 is 1.32 bits per heavy atom. The van der Waals surface area contributed by atoms with Gasteiger partial charge in [-0.15, -0.1) is 0 Å². The molecule has 0 bridgehead atoms. The van der Waals surface area contributed by atoms with E-state index in [4.69, 9.17) is 10.00 Å². The molecule has 0 aromatic heterocycles. The number of methoxy groups -OCH3 is 1. The second-order valence-electron chi connectivity index (χ2n) is 5.37. The number of hydrogen-bond donors (Lipinski definition) is 2. The van der Waals surface area contributed by atoms with Crippen molar-refractivity contribution < 1.29 is 14.3 Å². The van der Waals surface area contributed by atoms with Gasteiger partial charge in [0, 0.05) is 25.9 Å². The average Bonchev–Trinajstić information content (AvgIpc) is 2.51. The van der Waals surface area contributed by atoms with Gasteiger partial charge >= 0.3 is 0 Å². The highest BCUT2D eigenvalue weighted by Crippen LogP contribution is 2.19. The standard InChI is InChI=1S/C16H21N3O3/c1-16(2,14(20)18-8-5-9-22-3)15(21)19-13-7-4-6-12(10-13)11-17/h4,6-7,10H,5,8-9H2,1-3H3,(H,18,20)(H,19,21). The first-order valence-electron chi connectivity index (χ1n) is 7.00. The number of nitriles is 1. The minimum atomic E-state index is -1.21. The first-order chi connectivity index (χ1) is 10.4. The van der Waals surface area contributed by atoms with E-state index in [1.54, 1.807) is 45.2 Å². The molecule has 0 saturated carbocycles. The maximum Gasteiger partial charge on any atom is 0.239 e. The number of amides is 2. The normalized spacial score (nSPS) is 10.6. The Hall–Kier alpha value is -2.39. The number of ether oxygens (including phenoxy) is 1. The van der Waals surface area contributed by atoms with Crippen LogP contribution in [-0.4, -0.2) is 32.1 Å². The van der Waals surface area contributed by atoms with E-state index in [1.165, 1.54) is 0 Å². The van der Waals surface area contributed by atoms with Gasteiger partial charge in [-0.25, -0.2) is 0 Å². The van der Waals surface area contributed by atoms with Crippen molar-refractivity contribution in [2.45, 2.75) is 20.3 Å². The summed E-state index contributed by atoms with van der Waals surface area (Å²) in [5, 5.41) is 14.2. The Labute approximate surface area is 130 Å². The molecule has 0 aliphatic heterocycles. The fourth-order valence-corrected chi connectivity index (χ4v) is 1.70. The van der Waals surface area contributed by atoms with E-state index in [1.807, 2.05) is 6.07 Å². The molecule has 2 amide bonds. The monoisotopic (exact) mass is 303 g/mol. The van der Waals surface area contributed by atoms with E-state index in [9.17, 15) is 9.59 Å². The molecular formula is C16H21N3O3. The third kappa shape index (κ3) is 4.86. The lowest BCUT2D eigenvalue weighted by atomic mass is 9.91. The Morgan fingerprint density at radius 3 is 2.68 bits per heavy atom. The molecule has 0 fully saturated rings. The zero-order valence-electron chi connectivity index (χ0n) is 13.1. The van der Waals surface area contributed by atoms with Gasteiger partial charge in [-0.2, -0.15) is 5.26 Å². The van der Waals surface area contributed by atoms with Crippen LogP contribution in [-0.2, 0) is 14.3 Å². The minimum Gasteiger partial charge on any atom is -0.385 e. The van der Waals surface area contributed by atoms with Crippen molar-refractivity contribution >= 4 is 17.5 Å². The Balaban J connectivity index is 2.65. The highest BCUT2D eigenvalue weighted by Gasteiger charge is 2.35. The van der Waals surface area contributed by atoms with Crippen molar-refractivity contribution in [3.63, 3.8) is 0 Å². The van der Waals surface area contributed by atoms with Gasteiger partial charge in [-0.1, -0.05) is 6.07 Å². The molecule has 0 spiro atoms. The molecule has 0 aliphatic carbocycles. The summed E-state index contributed by atoms with van der Waals surface area (Å²) in [5.74, 6) is -0.774. The van der Waals surface area contributed by atoms with Gasteiger partial charge in [0.05, 0.1) is 11.6 Å². The van der Waals surface area contributed by atoms with Gasteiger partial charge in [0.1, 0.15) is 5.41 Å². The molecule has 6 nitrogen and oxygen atoms in total. The fraction of sp³-hybridized carbons (Fsp3) is 0.438. The van der Waals surface area contributed by atoms with E-state index >= 15 is 0 Å². The van der Waals surface area contributed by atoms with Crippen LogP contribution < -0.4 is 10.6 Å². The summed E-state index contributed by atoms with van der Waals surface area (Å²) in [5.41, 5.74) is -0.278. The van der Waals surface area contributed by atoms with Crippen molar-refractivity contribution in [2.75, 3.05) is 25.6 Å². The van der Waals surface area contributed by atoms with Gasteiger partial charge in [-0.3, -0.25) is 9.59 Å². The molecule has 6 heteroatoms. The van der Waals surface area contributed by atoms with Gasteiger partial charge in [0.15, 0.2) is 0 Å². The highest BCUT2D eigenvalue weighted by molar-refractivity contribution is 6.09. The van der Waals surface area contributed by atoms with Crippen molar-refractivity contribution in [2.24, 2.45) is 5.41 Å². The van der Waals surface area contributed by atoms with E-state index in [2.05, 4.69) is 10.6 Å². The third-order valence-corrected chi connectivity index (χ3v) is 3.20. The summed E-state index contributed by atoms with van der Waals surface area (Å²) in [6, 6.07) is 8.55. The van der Waals surface area contributed by atoms with Crippen molar-refractivity contribution in [1.82, 2.24) is 5.32 Å². The van der Waals surface area contributed by atoms with Crippen molar-refractivity contribution in [3.05, 3.63) is 29.8 Å². The number of nitrogens with one attached hydrogen (secondary N) is 2. The molecule has 0 saturated heterocycles. The molecule has 0 radical (unpaired) electrons. The molecule has 0 heterocycles. The van der Waals surface area contributed by atoms with Crippen LogP contribution in [0.15, 0.2) is 24.3 Å². The first kappa shape index (κ1) is 17.7. The van der Waals surface area contributed by atoms with Crippen LogP contribution in [0.25, 0.3) is 0 Å². The number of benzene rings is 1. The smallest absolute Gasteiger partial charge is 0.239 e. The lowest BCUT2D eigenvalue weighted by molar-refractivity contribution is -0.138. The van der Waals surface area contributed by atoms with Gasteiger partial charge in [-0.05, 0) is 38.5 Å². The first-order valence-corrected chi connectivity index (χ1v) is 7.00. The van der Waals surface area contributed by atoms with Crippen LogP contribution in [0.3, 0.4) is 0 Å². The summed E-state index contributed by atoms with van der Waals surface area (Å²) >= 11 is 0. The number of anilines is 1. The topological polar surface area (TPSA) is 91.2 Å². The van der Waals surface area contributed by atoms with Crippen LogP contribution in [0, 0.1) is 16.7 Å². The molecular weight excluding hydrogens is 282 g/mol. The average molecular weight is 303 g/mol. The molecule has 0 unspecified atom stereocenters. The molecule has 1 aromatic rings. The molecule has 2 N–H and O–H groups in total. The lowest BCUT2D eigenvalue weighted by Gasteiger charge is -2.22. The zero-order valence-corrected chi connectivity index (χ0v) is 13.1. The number of hydrogen-bond acceptors (Lipinski definition) is 4. The van der Waals surface area contributed by atoms with Crippen LogP contribution in [0.2, 0.25) is 0 Å². The second kappa shape index (κ2) is 8.15. The zero-order chi connectivity index (χ0) is 16.6. The Kier molecular flexibility index (Phi) is 6.54. The second-order valence-corrected chi connectivity index (χ2v) is 5.37. The van der Waals surface area contributed by atoms with E-state index < -0.39 is 11.3 Å². The largest absolute Gasteiger partial charge is 0.385 e. The predicted molar refractivity (Wildman–Crippen MR) is 83.1 cm³/mol. The number of nitrogens with zero attached hydrogens (tertiary/aromatic N) is 1. The number of carbonyl (C=O) groups excluding carboxylic acids is 2. The molecule has 22 heavy (non-hydrogen) atoms. The molecule has 1 aromatic carbocycles. The lowest BCUT2D eigenvalue weighted by Crippen LogP contribution is -2.45. The minimum absolute atomic E-state index is 0.349. The quantitative estimate of drug-likeness (QED) is 0.592. The summed E-state index contributed by atoms with van der Waals surface area (Å²) in [6.45, 7) is 4.12. The van der Waals surface area contributed by atoms with Crippen LogP contribution in [0.4, 0.5) is 5.69 Å². The highest BCUT2D eigenvalue weighted by atomic mass is 16.5. The van der Waals surface area contributed by atoms with Crippen molar-refractivity contribution in [3.8, 4) is 6.07 Å².